The van der Waals surface area contributed by atoms with E-state index in [4.69, 9.17) is 4.74 Å². The molecule has 4 nitrogen and oxygen atoms in total. The molecule has 0 bridgehead atoms. The average molecular weight is 133 g/mol. The molecule has 0 spiro atoms. The minimum Gasteiger partial charge on any atom is -0.380 e. The highest BCUT2D eigenvalue weighted by molar-refractivity contribution is 4.64. The van der Waals surface area contributed by atoms with E-state index in [1.807, 2.05) is 0 Å². The lowest BCUT2D eigenvalue weighted by Crippen LogP contribution is -2.27. The number of hydrogen-bond acceptors (Lipinski definition) is 4. The molecule has 9 heavy (non-hydrogen) atoms. The fourth-order valence-electron chi connectivity index (χ4n) is 0.475. The zero-order valence-corrected chi connectivity index (χ0v) is 5.88. The van der Waals surface area contributed by atoms with Gasteiger partial charge in [0, 0.05) is 7.11 Å². The molecule has 0 unspecified atom stereocenters. The standard InChI is InChI=1S/C5H11NO3/c1-5(2,4-8-3)9-6-7/h4H2,1-3H3. The molecular formula is C5H11NO3. The summed E-state index contributed by atoms with van der Waals surface area (Å²) in [5.74, 6) is 0. The zero-order valence-electron chi connectivity index (χ0n) is 5.88. The molecule has 0 atom stereocenters. The summed E-state index contributed by atoms with van der Waals surface area (Å²) >= 11 is 0. The minimum atomic E-state index is -0.601. The molecule has 0 aromatic heterocycles. The van der Waals surface area contributed by atoms with Crippen LogP contribution in [0.5, 0.6) is 0 Å². The van der Waals surface area contributed by atoms with Crippen LogP contribution < -0.4 is 0 Å². The molecule has 0 aliphatic rings. The van der Waals surface area contributed by atoms with Gasteiger partial charge in [-0.2, -0.15) is 0 Å². The highest BCUT2D eigenvalue weighted by atomic mass is 16.7. The molecule has 0 aromatic rings. The lowest BCUT2D eigenvalue weighted by atomic mass is 10.2. The minimum absolute atomic E-state index is 0.360. The molecule has 0 heterocycles. The normalized spacial score (nSPS) is 11.0. The molecule has 0 fully saturated rings. The molecule has 0 amide bonds. The average Bonchev–Trinajstić information content (AvgIpc) is 1.64. The van der Waals surface area contributed by atoms with E-state index < -0.39 is 5.60 Å². The fraction of sp³-hybridized carbons (Fsp3) is 1.00. The first-order valence-electron chi connectivity index (χ1n) is 2.62. The van der Waals surface area contributed by atoms with Gasteiger partial charge < -0.3 is 9.57 Å². The van der Waals surface area contributed by atoms with Crippen molar-refractivity contribution in [1.82, 2.24) is 0 Å². The van der Waals surface area contributed by atoms with Gasteiger partial charge in [-0.1, -0.05) is 0 Å². The van der Waals surface area contributed by atoms with Crippen LogP contribution in [0.3, 0.4) is 0 Å². The Balaban J connectivity index is 3.55. The first-order chi connectivity index (χ1) is 4.12. The summed E-state index contributed by atoms with van der Waals surface area (Å²) in [7, 11) is 1.54. The summed E-state index contributed by atoms with van der Waals surface area (Å²) in [4.78, 5) is 14.0. The molecule has 0 radical (unpaired) electrons. The van der Waals surface area contributed by atoms with Crippen molar-refractivity contribution in [1.29, 1.82) is 0 Å². The Hall–Kier alpha value is -0.640. The van der Waals surface area contributed by atoms with Crippen LogP contribution in [-0.4, -0.2) is 19.3 Å². The van der Waals surface area contributed by atoms with Gasteiger partial charge in [-0.15, -0.1) is 4.91 Å². The smallest absolute Gasteiger partial charge is 0.158 e. The Morgan fingerprint density at radius 2 is 2.11 bits per heavy atom. The molecule has 0 saturated heterocycles. The topological polar surface area (TPSA) is 47.9 Å². The quantitative estimate of drug-likeness (QED) is 0.426. The molecule has 0 N–H and O–H groups in total. The summed E-state index contributed by atoms with van der Waals surface area (Å²) in [5, 5.41) is 2.30. The summed E-state index contributed by atoms with van der Waals surface area (Å²) in [6.45, 7) is 3.80. The van der Waals surface area contributed by atoms with Crippen molar-refractivity contribution in [3.63, 3.8) is 0 Å². The van der Waals surface area contributed by atoms with E-state index in [-0.39, 0.29) is 0 Å². The highest BCUT2D eigenvalue weighted by Gasteiger charge is 2.19. The predicted molar refractivity (Wildman–Crippen MR) is 32.8 cm³/mol. The van der Waals surface area contributed by atoms with E-state index in [1.165, 1.54) is 7.11 Å². The van der Waals surface area contributed by atoms with Gasteiger partial charge in [0.05, 0.1) is 6.61 Å². The van der Waals surface area contributed by atoms with Crippen LogP contribution in [0.25, 0.3) is 0 Å². The van der Waals surface area contributed by atoms with E-state index in [0.717, 1.165) is 0 Å². The number of hydrogen-bond donors (Lipinski definition) is 0. The van der Waals surface area contributed by atoms with Gasteiger partial charge >= 0.3 is 0 Å². The van der Waals surface area contributed by atoms with Crippen molar-refractivity contribution >= 4 is 0 Å². The van der Waals surface area contributed by atoms with Gasteiger partial charge in [0.1, 0.15) is 0 Å². The number of rotatable bonds is 4. The van der Waals surface area contributed by atoms with E-state index in [2.05, 4.69) is 10.2 Å². The van der Waals surface area contributed by atoms with Crippen molar-refractivity contribution in [2.45, 2.75) is 19.4 Å². The SMILES string of the molecule is COCC(C)(C)ON=O. The van der Waals surface area contributed by atoms with Crippen LogP contribution in [0.2, 0.25) is 0 Å². The van der Waals surface area contributed by atoms with Crippen LogP contribution in [0, 0.1) is 4.91 Å². The van der Waals surface area contributed by atoms with Gasteiger partial charge in [-0.3, -0.25) is 0 Å². The number of methoxy groups -OCH3 is 1. The Labute approximate surface area is 54.1 Å². The molecule has 0 rings (SSSR count). The lowest BCUT2D eigenvalue weighted by molar-refractivity contribution is -0.0650. The number of nitrogens with zero attached hydrogens (tertiary/aromatic N) is 1. The van der Waals surface area contributed by atoms with Gasteiger partial charge in [-0.05, 0) is 13.8 Å². The predicted octanol–water partition coefficient (Wildman–Crippen LogP) is 1.11. The van der Waals surface area contributed by atoms with E-state index in [0.29, 0.717) is 6.61 Å². The van der Waals surface area contributed by atoms with E-state index in [9.17, 15) is 4.91 Å². The Morgan fingerprint density at radius 3 is 2.44 bits per heavy atom. The van der Waals surface area contributed by atoms with Crippen LogP contribution in [0.1, 0.15) is 13.8 Å². The zero-order chi connectivity index (χ0) is 7.33. The van der Waals surface area contributed by atoms with Crippen molar-refractivity contribution < 1.29 is 9.57 Å². The number of ether oxygens (including phenoxy) is 1. The summed E-state index contributed by atoms with van der Waals surface area (Å²) in [5.41, 5.74) is -0.601. The summed E-state index contributed by atoms with van der Waals surface area (Å²) < 4.78 is 4.74. The van der Waals surface area contributed by atoms with Gasteiger partial charge in [-0.25, -0.2) is 0 Å². The van der Waals surface area contributed by atoms with Crippen molar-refractivity contribution in [3.8, 4) is 0 Å². The fourth-order valence-corrected chi connectivity index (χ4v) is 0.475. The molecule has 0 aromatic carbocycles. The monoisotopic (exact) mass is 133 g/mol. The van der Waals surface area contributed by atoms with Gasteiger partial charge in [0.2, 0.25) is 0 Å². The molecule has 54 valence electrons. The second-order valence-corrected chi connectivity index (χ2v) is 2.36. The first kappa shape index (κ1) is 8.36. The third-order valence-electron chi connectivity index (χ3n) is 0.776. The van der Waals surface area contributed by atoms with Gasteiger partial charge in [0.25, 0.3) is 0 Å². The maximum absolute atomic E-state index is 9.57. The van der Waals surface area contributed by atoms with Gasteiger partial charge in [0.15, 0.2) is 10.9 Å². The lowest BCUT2D eigenvalue weighted by Gasteiger charge is -2.17. The second-order valence-electron chi connectivity index (χ2n) is 2.36. The molecule has 4 heteroatoms. The first-order valence-corrected chi connectivity index (χ1v) is 2.62. The van der Waals surface area contributed by atoms with Crippen molar-refractivity contribution in [3.05, 3.63) is 4.91 Å². The Kier molecular flexibility index (Phi) is 3.16. The van der Waals surface area contributed by atoms with E-state index in [1.54, 1.807) is 13.8 Å². The van der Waals surface area contributed by atoms with Crippen LogP contribution in [-0.2, 0) is 9.57 Å². The maximum Gasteiger partial charge on any atom is 0.158 e. The van der Waals surface area contributed by atoms with Crippen LogP contribution >= 0.6 is 0 Å². The Bertz CT molecular complexity index is 92.2. The van der Waals surface area contributed by atoms with E-state index >= 15 is 0 Å². The molecule has 0 saturated carbocycles. The summed E-state index contributed by atoms with van der Waals surface area (Å²) in [6, 6.07) is 0. The van der Waals surface area contributed by atoms with Crippen LogP contribution in [0.15, 0.2) is 5.34 Å². The molecular weight excluding hydrogens is 122 g/mol. The Morgan fingerprint density at radius 1 is 1.56 bits per heavy atom. The third kappa shape index (κ3) is 3.90. The summed E-state index contributed by atoms with van der Waals surface area (Å²) in [6.07, 6.45) is 0. The third-order valence-corrected chi connectivity index (χ3v) is 0.776. The highest BCUT2D eigenvalue weighted by Crippen LogP contribution is 2.08. The maximum atomic E-state index is 9.57. The van der Waals surface area contributed by atoms with Crippen LogP contribution in [0.4, 0.5) is 0 Å². The van der Waals surface area contributed by atoms with Crippen molar-refractivity contribution in [2.24, 2.45) is 5.34 Å². The van der Waals surface area contributed by atoms with Crippen molar-refractivity contribution in [2.75, 3.05) is 13.7 Å². The molecule has 0 aliphatic carbocycles. The largest absolute Gasteiger partial charge is 0.380 e. The molecule has 0 aliphatic heterocycles. The second kappa shape index (κ2) is 3.40.